The van der Waals surface area contributed by atoms with Crippen LogP contribution >= 0.6 is 0 Å². The van der Waals surface area contributed by atoms with Gasteiger partial charge in [-0.1, -0.05) is 0 Å². The monoisotopic (exact) mass is 980 g/mol. The quantitative estimate of drug-likeness (QED) is 0.0721. The molecule has 14 nitrogen and oxygen atoms in total. The van der Waals surface area contributed by atoms with E-state index >= 15 is 0 Å². The Morgan fingerprint density at radius 2 is 1.04 bits per heavy atom. The minimum atomic E-state index is -1.08. The summed E-state index contributed by atoms with van der Waals surface area (Å²) in [5.74, 6) is 1.69. The van der Waals surface area contributed by atoms with Crippen LogP contribution in [0.15, 0.2) is 84.9 Å². The lowest BCUT2D eigenvalue weighted by Gasteiger charge is -2.29. The first-order chi connectivity index (χ1) is 34.9. The van der Waals surface area contributed by atoms with Gasteiger partial charge in [-0.2, -0.15) is 0 Å². The third kappa shape index (κ3) is 10.9. The first-order valence-electron chi connectivity index (χ1n) is 24.7. The number of benzene rings is 4. The van der Waals surface area contributed by atoms with Gasteiger partial charge in [-0.25, -0.2) is 8.78 Å². The zero-order chi connectivity index (χ0) is 49.9. The molecule has 0 bridgehead atoms. The molecule has 16 heteroatoms. The van der Waals surface area contributed by atoms with Crippen molar-refractivity contribution in [3.05, 3.63) is 130 Å². The van der Waals surface area contributed by atoms with E-state index in [1.165, 1.54) is 34.6 Å². The Kier molecular flexibility index (Phi) is 14.2. The number of halogens is 2. The number of carbonyl (C=O) groups is 2. The number of H-pyrrole nitrogens is 2. The van der Waals surface area contributed by atoms with Crippen LogP contribution in [-0.2, 0) is 35.3 Å². The highest BCUT2D eigenvalue weighted by molar-refractivity contribution is 5.90. The fraction of sp³-hybridized carbons (Fsp3) is 0.357. The van der Waals surface area contributed by atoms with Gasteiger partial charge >= 0.3 is 11.9 Å². The number of hydrogen-bond acceptors (Lipinski definition) is 10. The Balaban J connectivity index is 0.000000144. The smallest absolute Gasteiger partial charge is 0.303 e. The molecule has 0 saturated heterocycles. The molecule has 4 aromatic heterocycles. The number of ether oxygens (including phenoxy) is 4. The van der Waals surface area contributed by atoms with Gasteiger partial charge in [-0.05, 0) is 173 Å². The minimum absolute atomic E-state index is 0.0456. The molecular formula is C56H58F2N6O8. The highest BCUT2D eigenvalue weighted by Crippen LogP contribution is 2.40. The maximum atomic E-state index is 13.8. The molecule has 2 aliphatic carbocycles. The first kappa shape index (κ1) is 48.3. The first-order valence-corrected chi connectivity index (χ1v) is 24.7. The summed E-state index contributed by atoms with van der Waals surface area (Å²) in [6.07, 6.45) is 5.50. The van der Waals surface area contributed by atoms with E-state index in [-0.39, 0.29) is 36.7 Å². The number of nitrogens with one attached hydrogen (secondary N) is 4. The lowest BCUT2D eigenvalue weighted by Crippen LogP contribution is -2.40. The number of hydrogen-bond donors (Lipinski definition) is 6. The van der Waals surface area contributed by atoms with E-state index in [0.29, 0.717) is 25.0 Å². The fourth-order valence-electron chi connectivity index (χ4n) is 10.3. The van der Waals surface area contributed by atoms with E-state index in [0.717, 1.165) is 143 Å². The molecule has 0 radical (unpaired) electrons. The number of carboxylic acids is 2. The van der Waals surface area contributed by atoms with E-state index in [4.69, 9.17) is 29.2 Å². The number of nitrogens with zero attached hydrogens (tertiary/aromatic N) is 2. The Bertz CT molecular complexity index is 3080. The van der Waals surface area contributed by atoms with Crippen molar-refractivity contribution in [2.24, 2.45) is 11.8 Å². The highest BCUT2D eigenvalue weighted by atomic mass is 19.1. The summed E-state index contributed by atoms with van der Waals surface area (Å²) in [7, 11) is 0. The number of fused-ring (bicyclic) bond motifs is 12. The second kappa shape index (κ2) is 21.2. The summed E-state index contributed by atoms with van der Waals surface area (Å²) in [4.78, 5) is 35.4. The minimum Gasteiger partial charge on any atom is -0.486 e. The number of aromatic nitrogens is 4. The Morgan fingerprint density at radius 3 is 1.47 bits per heavy atom. The fourth-order valence-corrected chi connectivity index (χ4v) is 10.3. The Labute approximate surface area is 414 Å². The van der Waals surface area contributed by atoms with E-state index in [1.54, 1.807) is 12.1 Å². The molecule has 2 aliphatic heterocycles. The van der Waals surface area contributed by atoms with E-state index in [2.05, 4.69) is 42.7 Å². The molecular weight excluding hydrogens is 923 g/mol. The SMILES string of the molecule is Cc1ccc2c3c(ccc2n1)OC[C@H](CNC[C@H]1CCc2[nH]c4ccc(F)cc4c2C1)O3.Cc1ccc2c3c(ccc2n1)OC[C@H](CNC[C@H]1CCc2[nH]c4ccc(F)cc4c2C1)O3.O=C(O)CCC(=O)O. The summed E-state index contributed by atoms with van der Waals surface area (Å²) < 4.78 is 52.1. The summed E-state index contributed by atoms with van der Waals surface area (Å²) in [6.45, 7) is 8.30. The number of carboxylic acid groups (broad SMARTS) is 2. The van der Waals surface area contributed by atoms with Crippen molar-refractivity contribution in [1.82, 2.24) is 30.6 Å². The molecule has 0 saturated carbocycles. The molecule has 12 rings (SSSR count). The van der Waals surface area contributed by atoms with Gasteiger partial charge in [0.2, 0.25) is 0 Å². The molecule has 4 atom stereocenters. The van der Waals surface area contributed by atoms with Crippen molar-refractivity contribution in [1.29, 1.82) is 0 Å². The van der Waals surface area contributed by atoms with Gasteiger partial charge in [0, 0.05) is 68.4 Å². The molecule has 8 aromatic rings. The van der Waals surface area contributed by atoms with Gasteiger partial charge in [-0.15, -0.1) is 0 Å². The van der Waals surface area contributed by atoms with Crippen LogP contribution in [0, 0.1) is 37.3 Å². The van der Waals surface area contributed by atoms with Crippen LogP contribution in [0.2, 0.25) is 0 Å². The summed E-state index contributed by atoms with van der Waals surface area (Å²) in [5, 5.41) is 27.0. The molecule has 72 heavy (non-hydrogen) atoms. The van der Waals surface area contributed by atoms with Crippen molar-refractivity contribution in [3.63, 3.8) is 0 Å². The van der Waals surface area contributed by atoms with Gasteiger partial charge in [-0.3, -0.25) is 19.6 Å². The summed E-state index contributed by atoms with van der Waals surface area (Å²) in [5.41, 5.74) is 11.0. The molecule has 0 amide bonds. The van der Waals surface area contributed by atoms with E-state index in [9.17, 15) is 18.4 Å². The normalized spacial score (nSPS) is 18.7. The molecule has 6 N–H and O–H groups in total. The topological polar surface area (TPSA) is 193 Å². The molecule has 4 aromatic carbocycles. The van der Waals surface area contributed by atoms with Gasteiger partial charge in [0.15, 0.2) is 23.0 Å². The molecule has 374 valence electrons. The van der Waals surface area contributed by atoms with Crippen LogP contribution < -0.4 is 29.6 Å². The largest absolute Gasteiger partial charge is 0.486 e. The second-order valence-electron chi connectivity index (χ2n) is 19.3. The Morgan fingerprint density at radius 1 is 0.597 bits per heavy atom. The highest BCUT2D eigenvalue weighted by Gasteiger charge is 2.28. The molecule has 0 fully saturated rings. The predicted octanol–water partition coefficient (Wildman–Crippen LogP) is 9.33. The maximum absolute atomic E-state index is 13.8. The van der Waals surface area contributed by atoms with Crippen molar-refractivity contribution in [2.75, 3.05) is 39.4 Å². The van der Waals surface area contributed by atoms with Crippen molar-refractivity contribution < 1.29 is 47.5 Å². The van der Waals surface area contributed by atoms with Gasteiger partial charge in [0.05, 0.1) is 23.9 Å². The predicted molar refractivity (Wildman–Crippen MR) is 271 cm³/mol. The third-order valence-electron chi connectivity index (χ3n) is 13.9. The standard InChI is InChI=1S/2C26H26FN3O2.C4H6O4/c2*1-15-2-5-19-22(29-15)8-9-25-26(19)32-18(14-31-25)13-28-12-16-3-6-23-20(10-16)21-11-17(27)4-7-24(21)30-23;5-3(6)1-2-4(7)8/h2*2,4-5,7-9,11,16,18,28,30H,3,6,10,12-14H2,1H3;1-2H2,(H,5,6)(H,7,8)/t2*16-,18-;/m00./s1. The van der Waals surface area contributed by atoms with Gasteiger partial charge in [0.25, 0.3) is 0 Å². The van der Waals surface area contributed by atoms with Crippen LogP contribution in [0.5, 0.6) is 23.0 Å². The zero-order valence-electron chi connectivity index (χ0n) is 40.3. The van der Waals surface area contributed by atoms with E-state index in [1.807, 2.05) is 62.4 Å². The van der Waals surface area contributed by atoms with Crippen LogP contribution in [-0.4, -0.2) is 93.7 Å². The number of aryl methyl sites for hydroxylation is 4. The molecule has 4 aliphatic rings. The van der Waals surface area contributed by atoms with Crippen LogP contribution in [0.25, 0.3) is 43.6 Å². The van der Waals surface area contributed by atoms with Gasteiger partial charge < -0.3 is 49.8 Å². The van der Waals surface area contributed by atoms with Crippen molar-refractivity contribution >= 4 is 55.6 Å². The number of rotatable bonds is 11. The van der Waals surface area contributed by atoms with Crippen molar-refractivity contribution in [3.8, 4) is 23.0 Å². The lowest BCUT2D eigenvalue weighted by atomic mass is 9.86. The molecule has 6 heterocycles. The average Bonchev–Trinajstić information content (AvgIpc) is 3.92. The van der Waals surface area contributed by atoms with Crippen LogP contribution in [0.1, 0.15) is 59.6 Å². The molecule has 0 unspecified atom stereocenters. The second-order valence-corrected chi connectivity index (χ2v) is 19.3. The average molecular weight is 981 g/mol. The number of pyridine rings is 2. The third-order valence-corrected chi connectivity index (χ3v) is 13.9. The summed E-state index contributed by atoms with van der Waals surface area (Å²) in [6, 6.07) is 26.0. The maximum Gasteiger partial charge on any atom is 0.303 e. The van der Waals surface area contributed by atoms with Crippen LogP contribution in [0.4, 0.5) is 8.78 Å². The van der Waals surface area contributed by atoms with Crippen LogP contribution in [0.3, 0.4) is 0 Å². The summed E-state index contributed by atoms with van der Waals surface area (Å²) >= 11 is 0. The number of aliphatic carboxylic acids is 2. The molecule has 0 spiro atoms. The van der Waals surface area contributed by atoms with Crippen molar-refractivity contribution in [2.45, 2.75) is 77.4 Å². The van der Waals surface area contributed by atoms with E-state index < -0.39 is 11.9 Å². The number of aromatic amines is 2. The lowest BCUT2D eigenvalue weighted by molar-refractivity contribution is -0.143. The zero-order valence-corrected chi connectivity index (χ0v) is 40.3. The van der Waals surface area contributed by atoms with Gasteiger partial charge in [0.1, 0.15) is 37.1 Å². The Hall–Kier alpha value is -7.30.